The van der Waals surface area contributed by atoms with Crippen LogP contribution in [0.25, 0.3) is 0 Å². The maximum atomic E-state index is 11.2. The average Bonchev–Trinajstić information content (AvgIpc) is 3.11. The first kappa shape index (κ1) is 14.8. The molecule has 0 aliphatic carbocycles. The van der Waals surface area contributed by atoms with Gasteiger partial charge >= 0.3 is 0 Å². The summed E-state index contributed by atoms with van der Waals surface area (Å²) in [6, 6.07) is 5.92. The van der Waals surface area contributed by atoms with E-state index in [1.54, 1.807) is 18.2 Å². The summed E-state index contributed by atoms with van der Waals surface area (Å²) >= 11 is 6.21. The highest BCUT2D eigenvalue weighted by Gasteiger charge is 2.34. The number of benzene rings is 1. The summed E-state index contributed by atoms with van der Waals surface area (Å²) in [6.45, 7) is 2.64. The van der Waals surface area contributed by atoms with Gasteiger partial charge in [0.05, 0.1) is 15.5 Å². The first-order valence-corrected chi connectivity index (χ1v) is 7.94. The maximum absolute atomic E-state index is 11.2. The van der Waals surface area contributed by atoms with Gasteiger partial charge in [-0.05, 0) is 44.8 Å². The van der Waals surface area contributed by atoms with Crippen LogP contribution in [0.3, 0.4) is 0 Å². The zero-order valence-corrected chi connectivity index (χ0v) is 12.7. The Hall–Kier alpha value is -1.17. The molecule has 0 amide bonds. The van der Waals surface area contributed by atoms with E-state index < -0.39 is 0 Å². The number of nitro groups is 1. The van der Waals surface area contributed by atoms with E-state index in [0.717, 1.165) is 25.9 Å². The zero-order chi connectivity index (χ0) is 14.8. The Morgan fingerprint density at radius 2 is 2.24 bits per heavy atom. The van der Waals surface area contributed by atoms with Gasteiger partial charge in [-0.2, -0.15) is 0 Å². The number of nitro benzene ring substituents is 1. The van der Waals surface area contributed by atoms with E-state index in [9.17, 15) is 10.1 Å². The Labute approximate surface area is 129 Å². The van der Waals surface area contributed by atoms with Crippen LogP contribution in [0, 0.1) is 10.1 Å². The molecule has 0 radical (unpaired) electrons. The molecule has 2 aliphatic rings. The summed E-state index contributed by atoms with van der Waals surface area (Å²) in [4.78, 5) is 13.2. The fourth-order valence-electron chi connectivity index (χ4n) is 3.62. The standard InChI is InChI=1S/C15H20ClN3O2/c16-12-4-1-6-14(19(20)21)11(12)10-18-9-3-7-15(18)13-5-2-8-17-13/h1,4,6,13,15,17H,2-3,5,7-10H2. The monoisotopic (exact) mass is 309 g/mol. The molecule has 2 heterocycles. The van der Waals surface area contributed by atoms with Gasteiger partial charge in [0, 0.05) is 24.7 Å². The van der Waals surface area contributed by atoms with Gasteiger partial charge < -0.3 is 5.32 Å². The third-order valence-corrected chi connectivity index (χ3v) is 4.98. The van der Waals surface area contributed by atoms with Gasteiger partial charge in [-0.15, -0.1) is 0 Å². The van der Waals surface area contributed by atoms with E-state index in [0.29, 0.717) is 29.2 Å². The molecule has 0 saturated carbocycles. The summed E-state index contributed by atoms with van der Waals surface area (Å²) in [7, 11) is 0. The number of halogens is 1. The average molecular weight is 310 g/mol. The lowest BCUT2D eigenvalue weighted by molar-refractivity contribution is -0.385. The van der Waals surface area contributed by atoms with Crippen molar-refractivity contribution in [2.45, 2.75) is 44.3 Å². The second kappa shape index (κ2) is 6.30. The second-order valence-electron chi connectivity index (χ2n) is 5.88. The van der Waals surface area contributed by atoms with Crippen molar-refractivity contribution < 1.29 is 4.92 Å². The van der Waals surface area contributed by atoms with Gasteiger partial charge in [-0.1, -0.05) is 17.7 Å². The van der Waals surface area contributed by atoms with Crippen LogP contribution in [-0.2, 0) is 6.54 Å². The molecule has 5 nitrogen and oxygen atoms in total. The topological polar surface area (TPSA) is 58.4 Å². The fraction of sp³-hybridized carbons (Fsp3) is 0.600. The predicted octanol–water partition coefficient (Wildman–Crippen LogP) is 2.96. The third-order valence-electron chi connectivity index (χ3n) is 4.63. The summed E-state index contributed by atoms with van der Waals surface area (Å²) in [5.74, 6) is 0. The molecule has 3 rings (SSSR count). The Kier molecular flexibility index (Phi) is 4.42. The lowest BCUT2D eigenvalue weighted by atomic mass is 10.0. The van der Waals surface area contributed by atoms with E-state index in [4.69, 9.17) is 11.6 Å². The third kappa shape index (κ3) is 3.05. The molecular weight excluding hydrogens is 290 g/mol. The van der Waals surface area contributed by atoms with E-state index in [1.165, 1.54) is 12.8 Å². The smallest absolute Gasteiger partial charge is 0.275 e. The first-order valence-electron chi connectivity index (χ1n) is 7.56. The highest BCUT2D eigenvalue weighted by atomic mass is 35.5. The zero-order valence-electron chi connectivity index (χ0n) is 11.9. The normalized spacial score (nSPS) is 26.3. The number of hydrogen-bond acceptors (Lipinski definition) is 4. The minimum absolute atomic E-state index is 0.132. The molecule has 21 heavy (non-hydrogen) atoms. The van der Waals surface area contributed by atoms with Crippen molar-refractivity contribution in [2.75, 3.05) is 13.1 Å². The van der Waals surface area contributed by atoms with E-state index in [-0.39, 0.29) is 10.6 Å². The van der Waals surface area contributed by atoms with Crippen molar-refractivity contribution in [1.29, 1.82) is 0 Å². The highest BCUT2D eigenvalue weighted by Crippen LogP contribution is 2.32. The van der Waals surface area contributed by atoms with Crippen LogP contribution in [0.4, 0.5) is 5.69 Å². The number of nitrogens with one attached hydrogen (secondary N) is 1. The number of likely N-dealkylation sites (tertiary alicyclic amines) is 1. The number of hydrogen-bond donors (Lipinski definition) is 1. The molecule has 2 fully saturated rings. The van der Waals surface area contributed by atoms with Crippen molar-refractivity contribution in [2.24, 2.45) is 0 Å². The molecule has 1 aromatic rings. The van der Waals surface area contributed by atoms with Crippen LogP contribution in [-0.4, -0.2) is 35.0 Å². The van der Waals surface area contributed by atoms with Gasteiger partial charge in [0.1, 0.15) is 0 Å². The highest BCUT2D eigenvalue weighted by molar-refractivity contribution is 6.31. The van der Waals surface area contributed by atoms with Crippen molar-refractivity contribution >= 4 is 17.3 Å². The molecule has 6 heteroatoms. The summed E-state index contributed by atoms with van der Waals surface area (Å²) < 4.78 is 0. The molecule has 2 unspecified atom stereocenters. The molecule has 114 valence electrons. The van der Waals surface area contributed by atoms with E-state index in [1.807, 2.05) is 0 Å². The summed E-state index contributed by atoms with van der Waals surface area (Å²) in [5, 5.41) is 15.3. The molecule has 1 aromatic carbocycles. The van der Waals surface area contributed by atoms with Gasteiger partial charge in [-0.3, -0.25) is 15.0 Å². The molecular formula is C15H20ClN3O2. The van der Waals surface area contributed by atoms with Gasteiger partial charge in [0.25, 0.3) is 5.69 Å². The Morgan fingerprint density at radius 3 is 2.95 bits per heavy atom. The molecule has 0 aromatic heterocycles. The lowest BCUT2D eigenvalue weighted by Gasteiger charge is -2.29. The van der Waals surface area contributed by atoms with Crippen molar-refractivity contribution in [3.8, 4) is 0 Å². The van der Waals surface area contributed by atoms with Crippen molar-refractivity contribution in [3.05, 3.63) is 38.9 Å². The molecule has 2 aliphatic heterocycles. The second-order valence-corrected chi connectivity index (χ2v) is 6.28. The fourth-order valence-corrected chi connectivity index (χ4v) is 3.85. The van der Waals surface area contributed by atoms with Crippen LogP contribution in [0.15, 0.2) is 18.2 Å². The quantitative estimate of drug-likeness (QED) is 0.686. The maximum Gasteiger partial charge on any atom is 0.275 e. The van der Waals surface area contributed by atoms with Gasteiger partial charge in [0.15, 0.2) is 0 Å². The molecule has 0 bridgehead atoms. The number of rotatable bonds is 4. The molecule has 0 spiro atoms. The van der Waals surface area contributed by atoms with Crippen LogP contribution >= 0.6 is 11.6 Å². The summed E-state index contributed by atoms with van der Waals surface area (Å²) in [5.41, 5.74) is 0.779. The minimum atomic E-state index is -0.333. The van der Waals surface area contributed by atoms with Crippen LogP contribution in [0.2, 0.25) is 5.02 Å². The van der Waals surface area contributed by atoms with E-state index >= 15 is 0 Å². The Morgan fingerprint density at radius 1 is 1.38 bits per heavy atom. The molecule has 2 atom stereocenters. The SMILES string of the molecule is O=[N+]([O-])c1cccc(Cl)c1CN1CCCC1C1CCCN1. The first-order chi connectivity index (χ1) is 10.2. The van der Waals surface area contributed by atoms with Gasteiger partial charge in [-0.25, -0.2) is 0 Å². The molecule has 1 N–H and O–H groups in total. The van der Waals surface area contributed by atoms with Crippen LogP contribution in [0.5, 0.6) is 0 Å². The Balaban J connectivity index is 1.81. The van der Waals surface area contributed by atoms with Crippen LogP contribution < -0.4 is 5.32 Å². The van der Waals surface area contributed by atoms with Crippen molar-refractivity contribution in [3.63, 3.8) is 0 Å². The van der Waals surface area contributed by atoms with Gasteiger partial charge in [0.2, 0.25) is 0 Å². The predicted molar refractivity (Wildman–Crippen MR) is 82.6 cm³/mol. The minimum Gasteiger partial charge on any atom is -0.312 e. The summed E-state index contributed by atoms with van der Waals surface area (Å²) in [6.07, 6.45) is 4.74. The van der Waals surface area contributed by atoms with E-state index in [2.05, 4.69) is 10.2 Å². The molecule has 2 saturated heterocycles. The Bertz CT molecular complexity index is 532. The van der Waals surface area contributed by atoms with Crippen molar-refractivity contribution in [1.82, 2.24) is 10.2 Å². The lowest BCUT2D eigenvalue weighted by Crippen LogP contribution is -2.43. The largest absolute Gasteiger partial charge is 0.312 e. The number of nitrogens with zero attached hydrogens (tertiary/aromatic N) is 2. The van der Waals surface area contributed by atoms with Crippen LogP contribution in [0.1, 0.15) is 31.2 Å².